The van der Waals surface area contributed by atoms with Gasteiger partial charge in [0.25, 0.3) is 5.91 Å². The summed E-state index contributed by atoms with van der Waals surface area (Å²) < 4.78 is 13.6. The summed E-state index contributed by atoms with van der Waals surface area (Å²) in [4.78, 5) is 14.1. The lowest BCUT2D eigenvalue weighted by atomic mass is 9.83. The van der Waals surface area contributed by atoms with Crippen molar-refractivity contribution in [2.75, 3.05) is 18.9 Å². The van der Waals surface area contributed by atoms with Crippen LogP contribution in [0.3, 0.4) is 0 Å². The van der Waals surface area contributed by atoms with E-state index in [1.54, 1.807) is 17.5 Å². The average Bonchev–Trinajstić information content (AvgIpc) is 3.49. The molecule has 162 valence electrons. The highest BCUT2D eigenvalue weighted by Crippen LogP contribution is 2.49. The van der Waals surface area contributed by atoms with E-state index < -0.39 is 11.7 Å². The number of primary amides is 1. The number of thiophene rings is 1. The van der Waals surface area contributed by atoms with Crippen molar-refractivity contribution in [3.05, 3.63) is 58.7 Å². The third-order valence-corrected chi connectivity index (χ3v) is 7.65. The van der Waals surface area contributed by atoms with Crippen molar-refractivity contribution in [3.63, 3.8) is 0 Å². The van der Waals surface area contributed by atoms with Gasteiger partial charge in [-0.2, -0.15) is 5.10 Å². The summed E-state index contributed by atoms with van der Waals surface area (Å²) in [5.74, 6) is -0.647. The van der Waals surface area contributed by atoms with Crippen LogP contribution < -0.4 is 11.5 Å². The first-order chi connectivity index (χ1) is 15.0. The average molecular weight is 439 g/mol. The lowest BCUT2D eigenvalue weighted by Gasteiger charge is -2.35. The zero-order valence-electron chi connectivity index (χ0n) is 17.3. The van der Waals surface area contributed by atoms with Gasteiger partial charge in [0.15, 0.2) is 5.79 Å². The van der Waals surface area contributed by atoms with Crippen LogP contribution in [0.5, 0.6) is 0 Å². The molecule has 0 bridgehead atoms. The Morgan fingerprint density at radius 2 is 1.90 bits per heavy atom. The van der Waals surface area contributed by atoms with Crippen molar-refractivity contribution >= 4 is 22.9 Å². The maximum absolute atomic E-state index is 12.3. The Morgan fingerprint density at radius 3 is 2.58 bits per heavy atom. The number of ether oxygens (including phenoxy) is 2. The predicted molar refractivity (Wildman–Crippen MR) is 120 cm³/mol. The van der Waals surface area contributed by atoms with Crippen LogP contribution in [0.1, 0.15) is 52.4 Å². The maximum Gasteiger partial charge on any atom is 0.252 e. The van der Waals surface area contributed by atoms with E-state index in [1.165, 1.54) is 0 Å². The Morgan fingerprint density at radius 1 is 1.19 bits per heavy atom. The molecule has 8 heteroatoms. The number of hydrogen-bond donors (Lipinski definition) is 2. The lowest BCUT2D eigenvalue weighted by molar-refractivity contribution is -0.178. The van der Waals surface area contributed by atoms with Crippen molar-refractivity contribution in [2.45, 2.75) is 43.9 Å². The molecule has 0 unspecified atom stereocenters. The number of amides is 1. The van der Waals surface area contributed by atoms with Gasteiger partial charge in [-0.05, 0) is 24.3 Å². The Hall–Kier alpha value is -2.68. The number of nitrogen functional groups attached to an aromatic ring is 1. The number of carbonyl (C=O) groups excluding carboxylic acids is 1. The molecule has 0 atom stereocenters. The molecule has 31 heavy (non-hydrogen) atoms. The first-order valence-corrected chi connectivity index (χ1v) is 11.4. The molecule has 4 N–H and O–H groups in total. The van der Waals surface area contributed by atoms with E-state index in [9.17, 15) is 4.79 Å². The van der Waals surface area contributed by atoms with Crippen LogP contribution in [-0.4, -0.2) is 34.7 Å². The van der Waals surface area contributed by atoms with Crippen molar-refractivity contribution in [2.24, 2.45) is 5.73 Å². The van der Waals surface area contributed by atoms with E-state index in [2.05, 4.69) is 17.2 Å². The van der Waals surface area contributed by atoms with E-state index >= 15 is 0 Å². The molecule has 1 saturated carbocycles. The second-order valence-electron chi connectivity index (χ2n) is 8.24. The maximum atomic E-state index is 12.3. The number of rotatable bonds is 5. The quantitative estimate of drug-likeness (QED) is 0.631. The monoisotopic (exact) mass is 438 g/mol. The number of nitrogens with zero attached hydrogens (tertiary/aromatic N) is 2. The molecule has 5 rings (SSSR count). The molecule has 1 aliphatic carbocycles. The fourth-order valence-corrected chi connectivity index (χ4v) is 6.03. The minimum atomic E-state index is -0.499. The van der Waals surface area contributed by atoms with Gasteiger partial charge in [0.1, 0.15) is 0 Å². The van der Waals surface area contributed by atoms with Gasteiger partial charge in [-0.3, -0.25) is 9.48 Å². The minimum absolute atomic E-state index is 0.273. The minimum Gasteiger partial charge on any atom is -0.397 e. The van der Waals surface area contributed by atoms with E-state index in [1.807, 2.05) is 29.1 Å². The number of carbonyl (C=O) groups is 1. The molecule has 1 aromatic carbocycles. The van der Waals surface area contributed by atoms with Crippen LogP contribution in [0.4, 0.5) is 5.69 Å². The van der Waals surface area contributed by atoms with E-state index in [0.717, 1.165) is 46.6 Å². The predicted octanol–water partition coefficient (Wildman–Crippen LogP) is 3.74. The topological polar surface area (TPSA) is 105 Å². The number of aromatic nitrogens is 2. The second-order valence-corrected chi connectivity index (χ2v) is 9.29. The van der Waals surface area contributed by atoms with Gasteiger partial charge in [0, 0.05) is 29.5 Å². The number of benzene rings is 1. The summed E-state index contributed by atoms with van der Waals surface area (Å²) in [6.45, 7) is 1.98. The van der Waals surface area contributed by atoms with Crippen LogP contribution in [0.2, 0.25) is 0 Å². The molecule has 2 fully saturated rings. The first-order valence-electron chi connectivity index (χ1n) is 10.6. The van der Waals surface area contributed by atoms with Crippen LogP contribution >= 0.6 is 11.3 Å². The molecular weight excluding hydrogens is 412 g/mol. The highest BCUT2D eigenvalue weighted by Gasteiger charge is 2.41. The third kappa shape index (κ3) is 3.86. The molecule has 1 aliphatic heterocycles. The zero-order chi connectivity index (χ0) is 21.4. The van der Waals surface area contributed by atoms with Gasteiger partial charge in [-0.25, -0.2) is 0 Å². The standard InChI is InChI=1S/C23H26N4O3S/c24-19-18(22(25)28)20(17-12-26-27(14-17)13-15-4-2-1-3-5-15)31-21(19)16-6-8-23(9-7-16)29-10-11-30-23/h1-5,12,14,16H,6-11,13,24H2,(H2,25,28). The smallest absolute Gasteiger partial charge is 0.252 e. The molecule has 1 spiro atoms. The summed E-state index contributed by atoms with van der Waals surface area (Å²) in [6, 6.07) is 10.1. The van der Waals surface area contributed by atoms with E-state index in [0.29, 0.717) is 31.0 Å². The Bertz CT molecular complexity index is 1080. The number of anilines is 1. The van der Waals surface area contributed by atoms with Crippen LogP contribution in [0, 0.1) is 0 Å². The highest BCUT2D eigenvalue weighted by atomic mass is 32.1. The SMILES string of the molecule is NC(=O)c1c(-c2cnn(Cc3ccccc3)c2)sc(C2CCC3(CC2)OCCO3)c1N. The summed E-state index contributed by atoms with van der Waals surface area (Å²) in [6.07, 6.45) is 7.23. The Balaban J connectivity index is 1.41. The second kappa shape index (κ2) is 8.11. The number of nitrogens with two attached hydrogens (primary N) is 2. The fourth-order valence-electron chi connectivity index (χ4n) is 4.66. The highest BCUT2D eigenvalue weighted by molar-refractivity contribution is 7.16. The van der Waals surface area contributed by atoms with Crippen LogP contribution in [0.15, 0.2) is 42.7 Å². The summed E-state index contributed by atoms with van der Waals surface area (Å²) >= 11 is 1.56. The van der Waals surface area contributed by atoms with Crippen LogP contribution in [-0.2, 0) is 16.0 Å². The molecule has 2 aliphatic rings. The van der Waals surface area contributed by atoms with Crippen molar-refractivity contribution in [1.82, 2.24) is 9.78 Å². The molecule has 3 heterocycles. The molecule has 0 radical (unpaired) electrons. The summed E-state index contributed by atoms with van der Waals surface area (Å²) in [7, 11) is 0. The van der Waals surface area contributed by atoms with Gasteiger partial charge in [0.2, 0.25) is 0 Å². The third-order valence-electron chi connectivity index (χ3n) is 6.23. The van der Waals surface area contributed by atoms with Crippen molar-refractivity contribution < 1.29 is 14.3 Å². The first kappa shape index (κ1) is 20.2. The van der Waals surface area contributed by atoms with E-state index in [-0.39, 0.29) is 5.92 Å². The van der Waals surface area contributed by atoms with Gasteiger partial charge in [-0.15, -0.1) is 11.3 Å². The molecule has 7 nitrogen and oxygen atoms in total. The van der Waals surface area contributed by atoms with Gasteiger partial charge in [0.05, 0.1) is 42.1 Å². The molecule has 3 aromatic rings. The summed E-state index contributed by atoms with van der Waals surface area (Å²) in [5.41, 5.74) is 15.2. The number of hydrogen-bond acceptors (Lipinski definition) is 6. The molecule has 1 saturated heterocycles. The van der Waals surface area contributed by atoms with Crippen molar-refractivity contribution in [3.8, 4) is 10.4 Å². The van der Waals surface area contributed by atoms with Gasteiger partial charge < -0.3 is 20.9 Å². The largest absolute Gasteiger partial charge is 0.397 e. The zero-order valence-corrected chi connectivity index (χ0v) is 18.1. The molecular formula is C23H26N4O3S. The van der Waals surface area contributed by atoms with E-state index in [4.69, 9.17) is 20.9 Å². The molecule has 2 aromatic heterocycles. The van der Waals surface area contributed by atoms with Crippen LogP contribution in [0.25, 0.3) is 10.4 Å². The van der Waals surface area contributed by atoms with Crippen molar-refractivity contribution in [1.29, 1.82) is 0 Å². The Kier molecular flexibility index (Phi) is 5.29. The Labute approximate surface area is 184 Å². The van der Waals surface area contributed by atoms with Gasteiger partial charge >= 0.3 is 0 Å². The summed E-state index contributed by atoms with van der Waals surface area (Å²) in [5, 5.41) is 4.49. The van der Waals surface area contributed by atoms with Gasteiger partial charge in [-0.1, -0.05) is 30.3 Å². The fraction of sp³-hybridized carbons (Fsp3) is 0.391. The molecule has 1 amide bonds. The lowest BCUT2D eigenvalue weighted by Crippen LogP contribution is -2.34. The normalized spacial score (nSPS) is 18.6.